The van der Waals surface area contributed by atoms with Crippen LogP contribution >= 0.6 is 49.6 Å². The van der Waals surface area contributed by atoms with Crippen molar-refractivity contribution in [1.82, 2.24) is 19.9 Å². The van der Waals surface area contributed by atoms with E-state index in [-0.39, 0.29) is 56.0 Å². The van der Waals surface area contributed by atoms with Crippen LogP contribution in [-0.4, -0.2) is 55.7 Å². The highest BCUT2D eigenvalue weighted by Gasteiger charge is 2.16. The molecule has 2 atom stereocenters. The summed E-state index contributed by atoms with van der Waals surface area (Å²) < 4.78 is 4.76. The molecule has 0 fully saturated rings. The number of ether oxygens (including phenoxy) is 1. The largest absolute Gasteiger partial charge is 0.480 e. The fourth-order valence-electron chi connectivity index (χ4n) is 1.68. The summed E-state index contributed by atoms with van der Waals surface area (Å²) in [6, 6.07) is 1.76. The van der Waals surface area contributed by atoms with E-state index >= 15 is 0 Å². The van der Waals surface area contributed by atoms with Gasteiger partial charge in [-0.2, -0.15) is 0 Å². The molecule has 0 amide bonds. The van der Waals surface area contributed by atoms with Gasteiger partial charge in [0.25, 0.3) is 0 Å². The lowest BCUT2D eigenvalue weighted by Crippen LogP contribution is -2.34. The van der Waals surface area contributed by atoms with Crippen LogP contribution in [0.1, 0.15) is 18.6 Å². The Morgan fingerprint density at radius 1 is 0.867 bits per heavy atom. The maximum atomic E-state index is 11.1. The smallest absolute Gasteiger partial charge is 0.323 e. The van der Waals surface area contributed by atoms with E-state index in [0.717, 1.165) is 0 Å². The van der Waals surface area contributed by atoms with Crippen LogP contribution in [0.2, 0.25) is 0 Å². The fourth-order valence-corrected chi connectivity index (χ4v) is 1.68. The predicted molar refractivity (Wildman–Crippen MR) is 121 cm³/mol. The number of halogens is 4. The van der Waals surface area contributed by atoms with Crippen molar-refractivity contribution < 1.29 is 19.4 Å². The minimum atomic E-state index is -1.04. The molecule has 2 aromatic heterocycles. The number of hydrogen-bond acceptors (Lipinski definition) is 9. The number of carbonyl (C=O) groups is 2. The first-order chi connectivity index (χ1) is 12.4. The van der Waals surface area contributed by atoms with Crippen LogP contribution in [-0.2, 0) is 27.2 Å². The molecule has 0 bridgehead atoms. The number of carbonyl (C=O) groups excluding carboxylic acids is 1. The van der Waals surface area contributed by atoms with Gasteiger partial charge in [0.05, 0.1) is 6.61 Å². The summed E-state index contributed by atoms with van der Waals surface area (Å²) in [6.45, 7) is 2.08. The first-order valence-corrected chi connectivity index (χ1v) is 7.86. The van der Waals surface area contributed by atoms with Crippen molar-refractivity contribution in [2.45, 2.75) is 31.8 Å². The van der Waals surface area contributed by atoms with E-state index < -0.39 is 24.0 Å². The van der Waals surface area contributed by atoms with Crippen LogP contribution in [0.25, 0.3) is 0 Å². The van der Waals surface area contributed by atoms with Gasteiger partial charge in [-0.05, 0) is 19.1 Å². The van der Waals surface area contributed by atoms with Gasteiger partial charge < -0.3 is 21.3 Å². The SMILES string of the molecule is CCOC(=O)C(N)Cc1ncccn1.Cl.Cl.Cl.Cl.NC(Cc1ncccn1)C(=O)O. The Labute approximate surface area is 199 Å². The van der Waals surface area contributed by atoms with Gasteiger partial charge in [0.15, 0.2) is 0 Å². The molecule has 2 aromatic rings. The summed E-state index contributed by atoms with van der Waals surface area (Å²) in [5.41, 5.74) is 10.8. The lowest BCUT2D eigenvalue weighted by Gasteiger charge is -2.08. The topological polar surface area (TPSA) is 167 Å². The fraction of sp³-hybridized carbons (Fsp3) is 0.375. The highest BCUT2D eigenvalue weighted by atomic mass is 35.5. The minimum Gasteiger partial charge on any atom is -0.480 e. The quantitative estimate of drug-likeness (QED) is 0.460. The van der Waals surface area contributed by atoms with Crippen LogP contribution in [0.4, 0.5) is 0 Å². The number of esters is 1. The van der Waals surface area contributed by atoms with Crippen molar-refractivity contribution in [2.75, 3.05) is 6.61 Å². The third kappa shape index (κ3) is 15.1. The molecule has 2 heterocycles. The minimum absolute atomic E-state index is 0. The lowest BCUT2D eigenvalue weighted by molar-refractivity contribution is -0.144. The molecular formula is C16H26Cl4N6O4. The van der Waals surface area contributed by atoms with Crippen LogP contribution in [0.15, 0.2) is 36.9 Å². The van der Waals surface area contributed by atoms with Gasteiger partial charge in [-0.25, -0.2) is 19.9 Å². The van der Waals surface area contributed by atoms with Crippen molar-refractivity contribution in [3.63, 3.8) is 0 Å². The number of aliphatic carboxylic acids is 1. The van der Waals surface area contributed by atoms with E-state index in [1.165, 1.54) is 0 Å². The Morgan fingerprint density at radius 3 is 1.57 bits per heavy atom. The number of nitrogens with two attached hydrogens (primary N) is 2. The van der Waals surface area contributed by atoms with Gasteiger partial charge in [-0.3, -0.25) is 9.59 Å². The molecule has 2 unspecified atom stereocenters. The summed E-state index contributed by atoms with van der Waals surface area (Å²) in [6.07, 6.45) is 6.80. The van der Waals surface area contributed by atoms with Gasteiger partial charge in [0, 0.05) is 37.6 Å². The van der Waals surface area contributed by atoms with E-state index in [1.54, 1.807) is 43.8 Å². The van der Waals surface area contributed by atoms with Crippen LogP contribution in [0.3, 0.4) is 0 Å². The van der Waals surface area contributed by atoms with E-state index in [2.05, 4.69) is 19.9 Å². The van der Waals surface area contributed by atoms with Gasteiger partial charge in [0.1, 0.15) is 23.7 Å². The lowest BCUT2D eigenvalue weighted by atomic mass is 10.2. The molecule has 0 aromatic carbocycles. The molecule has 2 rings (SSSR count). The number of carboxylic acids is 1. The summed E-state index contributed by atoms with van der Waals surface area (Å²) in [5.74, 6) is -0.456. The van der Waals surface area contributed by atoms with E-state index in [1.807, 2.05) is 0 Å². The molecule has 172 valence electrons. The molecule has 0 aliphatic carbocycles. The second kappa shape index (κ2) is 20.5. The molecular weight excluding hydrogens is 482 g/mol. The van der Waals surface area contributed by atoms with E-state index in [0.29, 0.717) is 24.7 Å². The maximum Gasteiger partial charge on any atom is 0.323 e. The molecule has 0 saturated heterocycles. The normalized spacial score (nSPS) is 10.6. The Bertz CT molecular complexity index is 688. The molecule has 0 spiro atoms. The van der Waals surface area contributed by atoms with Crippen LogP contribution < -0.4 is 11.5 Å². The predicted octanol–water partition coefficient (Wildman–Crippen LogP) is 1.03. The zero-order valence-corrected chi connectivity index (χ0v) is 19.3. The zero-order valence-electron chi connectivity index (χ0n) is 16.0. The Morgan fingerprint density at radius 2 is 1.23 bits per heavy atom. The summed E-state index contributed by atoms with van der Waals surface area (Å²) >= 11 is 0. The van der Waals surface area contributed by atoms with Crippen molar-refractivity contribution in [2.24, 2.45) is 11.5 Å². The standard InChI is InChI=1S/C9H13N3O2.C7H9N3O2.4ClH/c1-2-14-9(13)7(10)6-8-11-4-3-5-12-8;8-5(7(11)12)4-6-9-2-1-3-10-6;;;;/h3-5,7H,2,6,10H2,1H3;1-3,5H,4,8H2,(H,11,12);4*1H. The van der Waals surface area contributed by atoms with E-state index in [4.69, 9.17) is 21.3 Å². The molecule has 5 N–H and O–H groups in total. The second-order valence-corrected chi connectivity index (χ2v) is 5.04. The first kappa shape index (κ1) is 35.6. The molecule has 30 heavy (non-hydrogen) atoms. The first-order valence-electron chi connectivity index (χ1n) is 7.86. The second-order valence-electron chi connectivity index (χ2n) is 5.04. The van der Waals surface area contributed by atoms with Crippen LogP contribution in [0, 0.1) is 0 Å². The van der Waals surface area contributed by atoms with Crippen molar-refractivity contribution in [1.29, 1.82) is 0 Å². The zero-order chi connectivity index (χ0) is 19.4. The number of aromatic nitrogens is 4. The highest BCUT2D eigenvalue weighted by Crippen LogP contribution is 1.96. The van der Waals surface area contributed by atoms with Gasteiger partial charge in [-0.1, -0.05) is 0 Å². The van der Waals surface area contributed by atoms with Gasteiger partial charge >= 0.3 is 11.9 Å². The molecule has 10 nitrogen and oxygen atoms in total. The molecule has 0 aliphatic rings. The molecule has 0 radical (unpaired) electrons. The Hall–Kier alpha value is -1.82. The number of hydrogen-bond donors (Lipinski definition) is 3. The van der Waals surface area contributed by atoms with Crippen molar-refractivity contribution in [3.05, 3.63) is 48.6 Å². The molecule has 14 heteroatoms. The maximum absolute atomic E-state index is 11.1. The summed E-state index contributed by atoms with van der Waals surface area (Å²) in [7, 11) is 0. The summed E-state index contributed by atoms with van der Waals surface area (Å²) in [5, 5.41) is 8.46. The average molecular weight is 508 g/mol. The third-order valence-corrected chi connectivity index (χ3v) is 2.95. The molecule has 0 aliphatic heterocycles. The van der Waals surface area contributed by atoms with E-state index in [9.17, 15) is 9.59 Å². The number of carboxylic acid groups (broad SMARTS) is 1. The Kier molecular flexibility index (Phi) is 24.3. The monoisotopic (exact) mass is 506 g/mol. The van der Waals surface area contributed by atoms with Gasteiger partial charge in [0.2, 0.25) is 0 Å². The van der Waals surface area contributed by atoms with Crippen LogP contribution in [0.5, 0.6) is 0 Å². The van der Waals surface area contributed by atoms with Crippen molar-refractivity contribution >= 4 is 61.6 Å². The highest BCUT2D eigenvalue weighted by molar-refractivity contribution is 5.86. The van der Waals surface area contributed by atoms with Gasteiger partial charge in [-0.15, -0.1) is 49.6 Å². The molecule has 0 saturated carbocycles. The number of nitrogens with zero attached hydrogens (tertiary/aromatic N) is 4. The van der Waals surface area contributed by atoms with Crippen molar-refractivity contribution in [3.8, 4) is 0 Å². The average Bonchev–Trinajstić information content (AvgIpc) is 2.64. The third-order valence-electron chi connectivity index (χ3n) is 2.95. The summed E-state index contributed by atoms with van der Waals surface area (Å²) in [4.78, 5) is 37.1. The number of rotatable bonds is 7. The Balaban J connectivity index is -0.000000200.